The van der Waals surface area contributed by atoms with E-state index in [1.54, 1.807) is 0 Å². The van der Waals surface area contributed by atoms with Crippen LogP contribution in [0.1, 0.15) is 30.9 Å². The molecule has 1 fully saturated rings. The second kappa shape index (κ2) is 8.76. The average molecular weight is 458 g/mol. The fourth-order valence-corrected chi connectivity index (χ4v) is 4.21. The molecular weight excluding hydrogens is 433 g/mol. The number of nitrogen functional groups attached to an aromatic ring is 1. The van der Waals surface area contributed by atoms with Gasteiger partial charge >= 0.3 is 6.18 Å². The third-order valence-electron chi connectivity index (χ3n) is 5.58. The number of aromatic nitrogens is 2. The zero-order valence-electron chi connectivity index (χ0n) is 18.3. The first-order chi connectivity index (χ1) is 15.6. The van der Waals surface area contributed by atoms with Crippen LogP contribution in [-0.4, -0.2) is 35.0 Å². The standard InChI is InChI=1S/C23H25F3N6O/c1-13-5-3-7-19-20(13)21(32-8-4-6-17(12-32)28-14(2)33)31-22(30-19)29-18-10-15(23(24,25)26)9-16(27)11-18/h3,5,7,9-11,17H,4,6,8,12,27H2,1-2H3,(H,28,33)(H,29,30,31)/t17-/m1/s1. The molecule has 1 aliphatic rings. The van der Waals surface area contributed by atoms with E-state index in [0.717, 1.165) is 42.5 Å². The fourth-order valence-electron chi connectivity index (χ4n) is 4.21. The van der Waals surface area contributed by atoms with Gasteiger partial charge in [-0.1, -0.05) is 12.1 Å². The van der Waals surface area contributed by atoms with Gasteiger partial charge in [-0.15, -0.1) is 0 Å². The first kappa shape index (κ1) is 22.6. The van der Waals surface area contributed by atoms with E-state index in [0.29, 0.717) is 17.9 Å². The molecule has 0 aliphatic carbocycles. The van der Waals surface area contributed by atoms with Crippen molar-refractivity contribution in [1.29, 1.82) is 0 Å². The molecule has 0 bridgehead atoms. The van der Waals surface area contributed by atoms with Crippen molar-refractivity contribution in [3.63, 3.8) is 0 Å². The van der Waals surface area contributed by atoms with Gasteiger partial charge in [-0.2, -0.15) is 18.2 Å². The number of piperidine rings is 1. The van der Waals surface area contributed by atoms with Crippen molar-refractivity contribution in [3.8, 4) is 0 Å². The van der Waals surface area contributed by atoms with Gasteiger partial charge in [0, 0.05) is 42.8 Å². The highest BCUT2D eigenvalue weighted by atomic mass is 19.4. The smallest absolute Gasteiger partial charge is 0.399 e. The summed E-state index contributed by atoms with van der Waals surface area (Å²) in [5.41, 5.74) is 6.64. The molecule has 1 saturated heterocycles. The van der Waals surface area contributed by atoms with Gasteiger partial charge in [0.25, 0.3) is 0 Å². The number of alkyl halides is 3. The van der Waals surface area contributed by atoms with Crippen LogP contribution in [0.3, 0.4) is 0 Å². The molecule has 1 atom stereocenters. The van der Waals surface area contributed by atoms with Crippen LogP contribution in [0.2, 0.25) is 0 Å². The third-order valence-corrected chi connectivity index (χ3v) is 5.58. The summed E-state index contributed by atoms with van der Waals surface area (Å²) in [6, 6.07) is 8.94. The number of anilines is 4. The van der Waals surface area contributed by atoms with E-state index in [1.807, 2.05) is 25.1 Å². The van der Waals surface area contributed by atoms with E-state index in [4.69, 9.17) is 5.73 Å². The van der Waals surface area contributed by atoms with Gasteiger partial charge in [-0.05, 0) is 49.6 Å². The molecular formula is C23H25F3N6O. The molecule has 4 rings (SSSR count). The number of carbonyl (C=O) groups is 1. The lowest BCUT2D eigenvalue weighted by Crippen LogP contribution is -2.47. The molecule has 7 nitrogen and oxygen atoms in total. The topological polar surface area (TPSA) is 96.2 Å². The number of halogens is 3. The Kier molecular flexibility index (Phi) is 6.01. The lowest BCUT2D eigenvalue weighted by molar-refractivity contribution is -0.137. The molecule has 0 unspecified atom stereocenters. The largest absolute Gasteiger partial charge is 0.416 e. The molecule has 0 spiro atoms. The fraction of sp³-hybridized carbons (Fsp3) is 0.348. The summed E-state index contributed by atoms with van der Waals surface area (Å²) in [6.07, 6.45) is -2.78. The van der Waals surface area contributed by atoms with Gasteiger partial charge in [-0.3, -0.25) is 4.79 Å². The molecule has 3 aromatic rings. The maximum atomic E-state index is 13.2. The van der Waals surface area contributed by atoms with Crippen LogP contribution in [0.25, 0.3) is 10.9 Å². The second-order valence-electron chi connectivity index (χ2n) is 8.29. The molecule has 2 heterocycles. The number of nitrogens with one attached hydrogen (secondary N) is 2. The summed E-state index contributed by atoms with van der Waals surface area (Å²) < 4.78 is 39.7. The van der Waals surface area contributed by atoms with Crippen molar-refractivity contribution in [2.24, 2.45) is 0 Å². The number of nitrogens with two attached hydrogens (primary N) is 1. The molecule has 4 N–H and O–H groups in total. The molecule has 0 radical (unpaired) electrons. The van der Waals surface area contributed by atoms with Crippen LogP contribution >= 0.6 is 0 Å². The van der Waals surface area contributed by atoms with Crippen LogP contribution in [0.5, 0.6) is 0 Å². The van der Waals surface area contributed by atoms with E-state index in [1.165, 1.54) is 13.0 Å². The number of fused-ring (bicyclic) bond motifs is 1. The Morgan fingerprint density at radius 1 is 1.21 bits per heavy atom. The van der Waals surface area contributed by atoms with Gasteiger partial charge in [0.2, 0.25) is 11.9 Å². The van der Waals surface area contributed by atoms with Crippen molar-refractivity contribution in [3.05, 3.63) is 47.5 Å². The number of hydrogen-bond acceptors (Lipinski definition) is 6. The minimum absolute atomic E-state index is 0.00930. The number of aryl methyl sites for hydroxylation is 1. The first-order valence-corrected chi connectivity index (χ1v) is 10.6. The molecule has 174 valence electrons. The van der Waals surface area contributed by atoms with Crippen LogP contribution in [0.15, 0.2) is 36.4 Å². The summed E-state index contributed by atoms with van der Waals surface area (Å²) in [5, 5.41) is 6.73. The van der Waals surface area contributed by atoms with Crippen LogP contribution in [-0.2, 0) is 11.0 Å². The first-order valence-electron chi connectivity index (χ1n) is 10.6. The summed E-state index contributed by atoms with van der Waals surface area (Å²) in [7, 11) is 0. The lowest BCUT2D eigenvalue weighted by Gasteiger charge is -2.34. The number of benzene rings is 2. The van der Waals surface area contributed by atoms with Crippen molar-refractivity contribution >= 4 is 40.0 Å². The van der Waals surface area contributed by atoms with E-state index in [9.17, 15) is 18.0 Å². The number of carbonyl (C=O) groups excluding carboxylic acids is 1. The Hall–Kier alpha value is -3.56. The van der Waals surface area contributed by atoms with Crippen LogP contribution in [0, 0.1) is 6.92 Å². The summed E-state index contributed by atoms with van der Waals surface area (Å²) in [6.45, 7) is 4.78. The Morgan fingerprint density at radius 3 is 2.73 bits per heavy atom. The summed E-state index contributed by atoms with van der Waals surface area (Å²) in [4.78, 5) is 22.9. The zero-order chi connectivity index (χ0) is 23.8. The minimum Gasteiger partial charge on any atom is -0.399 e. The molecule has 2 aromatic carbocycles. The lowest BCUT2D eigenvalue weighted by atomic mass is 10.0. The summed E-state index contributed by atoms with van der Waals surface area (Å²) >= 11 is 0. The molecule has 1 amide bonds. The zero-order valence-corrected chi connectivity index (χ0v) is 18.3. The highest BCUT2D eigenvalue weighted by molar-refractivity contribution is 5.93. The Labute approximate surface area is 189 Å². The number of nitrogens with zero attached hydrogens (tertiary/aromatic N) is 3. The van der Waals surface area contributed by atoms with Crippen molar-refractivity contribution in [2.45, 2.75) is 38.9 Å². The third kappa shape index (κ3) is 5.10. The van der Waals surface area contributed by atoms with Crippen molar-refractivity contribution < 1.29 is 18.0 Å². The van der Waals surface area contributed by atoms with Crippen molar-refractivity contribution in [1.82, 2.24) is 15.3 Å². The Morgan fingerprint density at radius 2 is 2.00 bits per heavy atom. The minimum atomic E-state index is -4.52. The Balaban J connectivity index is 1.74. The molecule has 10 heteroatoms. The maximum absolute atomic E-state index is 13.2. The molecule has 1 aliphatic heterocycles. The number of amides is 1. The quantitative estimate of drug-likeness (QED) is 0.502. The van der Waals surface area contributed by atoms with Gasteiger partial charge in [0.05, 0.1) is 11.1 Å². The van der Waals surface area contributed by atoms with E-state index in [-0.39, 0.29) is 29.3 Å². The van der Waals surface area contributed by atoms with E-state index >= 15 is 0 Å². The van der Waals surface area contributed by atoms with Gasteiger partial charge in [0.1, 0.15) is 5.82 Å². The molecule has 33 heavy (non-hydrogen) atoms. The average Bonchev–Trinajstić information content (AvgIpc) is 2.72. The van der Waals surface area contributed by atoms with Gasteiger partial charge in [0.15, 0.2) is 0 Å². The summed E-state index contributed by atoms with van der Waals surface area (Å²) in [5.74, 6) is 0.758. The molecule has 0 saturated carbocycles. The highest BCUT2D eigenvalue weighted by Crippen LogP contribution is 2.34. The van der Waals surface area contributed by atoms with E-state index < -0.39 is 11.7 Å². The Bertz CT molecular complexity index is 1200. The van der Waals surface area contributed by atoms with Crippen molar-refractivity contribution in [2.75, 3.05) is 29.0 Å². The van der Waals surface area contributed by atoms with Crippen LogP contribution in [0.4, 0.5) is 36.3 Å². The predicted octanol–water partition coefficient (Wildman–Crippen LogP) is 4.39. The highest BCUT2D eigenvalue weighted by Gasteiger charge is 2.31. The number of hydrogen-bond donors (Lipinski definition) is 3. The molecule has 1 aromatic heterocycles. The second-order valence-corrected chi connectivity index (χ2v) is 8.29. The monoisotopic (exact) mass is 458 g/mol. The van der Waals surface area contributed by atoms with E-state index in [2.05, 4.69) is 25.5 Å². The number of rotatable bonds is 4. The predicted molar refractivity (Wildman–Crippen MR) is 122 cm³/mol. The normalized spacial score (nSPS) is 16.6. The maximum Gasteiger partial charge on any atom is 0.416 e. The van der Waals surface area contributed by atoms with Crippen LogP contribution < -0.4 is 21.3 Å². The van der Waals surface area contributed by atoms with Gasteiger partial charge < -0.3 is 21.3 Å². The SMILES string of the molecule is CC(=O)N[C@@H]1CCCN(c2nc(Nc3cc(N)cc(C(F)(F)F)c3)nc3cccc(C)c23)C1. The van der Waals surface area contributed by atoms with Gasteiger partial charge in [-0.25, -0.2) is 4.98 Å².